The Bertz CT molecular complexity index is 2030. The van der Waals surface area contributed by atoms with Crippen LogP contribution in [0.3, 0.4) is 0 Å². The van der Waals surface area contributed by atoms with Crippen molar-refractivity contribution in [2.75, 3.05) is 75.6 Å². The van der Waals surface area contributed by atoms with Crippen molar-refractivity contribution in [3.63, 3.8) is 0 Å². The summed E-state index contributed by atoms with van der Waals surface area (Å²) in [6.07, 6.45) is 5.41. The third-order valence-electron chi connectivity index (χ3n) is 15.9. The van der Waals surface area contributed by atoms with Gasteiger partial charge in [-0.25, -0.2) is 0 Å². The minimum atomic E-state index is -0.101. The number of nitrogens with one attached hydrogen (secondary N) is 4. The molecule has 4 aromatic rings. The van der Waals surface area contributed by atoms with Crippen molar-refractivity contribution in [2.24, 2.45) is 0 Å². The summed E-state index contributed by atoms with van der Waals surface area (Å²) < 4.78 is 0. The van der Waals surface area contributed by atoms with Crippen molar-refractivity contribution < 1.29 is 0 Å². The highest BCUT2D eigenvalue weighted by atomic mass is 15.4. The maximum atomic E-state index is 4.36. The van der Waals surface area contributed by atoms with Crippen LogP contribution in [-0.4, -0.2) is 98.6 Å². The zero-order valence-corrected chi connectivity index (χ0v) is 30.8. The standard InChI is InChI=1S/C44H50N8/c1-49-23-19-41(27-11-5-7-17-33(27)45-37(41)49)29-13-9-15-31-35(29)47-39-43(31,21-25-51(39)3)44-22-26-52(4)40(44)48-36-30(14-10-16-32(36)44)42-20-24-50(2)38(42)46-34-18-8-6-12-28(34)42/h5-18,37-40,45-48H,19-26H2,1-4H3/t37-,38-,39-,40+,41-,42-,43-,44-/m1/s1. The Hall–Kier alpha value is -4.08. The lowest BCUT2D eigenvalue weighted by Crippen LogP contribution is -2.60. The van der Waals surface area contributed by atoms with E-state index >= 15 is 0 Å². The van der Waals surface area contributed by atoms with E-state index in [0.717, 1.165) is 51.9 Å². The van der Waals surface area contributed by atoms with Crippen LogP contribution in [0.5, 0.6) is 0 Å². The monoisotopic (exact) mass is 690 g/mol. The van der Waals surface area contributed by atoms with Crippen molar-refractivity contribution in [1.82, 2.24) is 19.6 Å². The molecule has 8 heterocycles. The van der Waals surface area contributed by atoms with Gasteiger partial charge in [0.1, 0.15) is 0 Å². The van der Waals surface area contributed by atoms with E-state index in [0.29, 0.717) is 0 Å². The summed E-state index contributed by atoms with van der Waals surface area (Å²) in [5.74, 6) is 0. The number of likely N-dealkylation sites (N-methyl/N-ethyl adjacent to an activating group) is 4. The number of hydrogen-bond acceptors (Lipinski definition) is 8. The summed E-state index contributed by atoms with van der Waals surface area (Å²) in [4.78, 5) is 10.4. The zero-order valence-electron chi connectivity index (χ0n) is 30.8. The van der Waals surface area contributed by atoms with Crippen LogP contribution in [0.25, 0.3) is 0 Å². The summed E-state index contributed by atoms with van der Waals surface area (Å²) in [7, 11) is 9.33. The largest absolute Gasteiger partial charge is 0.368 e. The van der Waals surface area contributed by atoms with Crippen molar-refractivity contribution in [3.05, 3.63) is 118 Å². The molecule has 0 aromatic heterocycles. The second-order valence-electron chi connectivity index (χ2n) is 17.5. The Morgan fingerprint density at radius 3 is 1.23 bits per heavy atom. The van der Waals surface area contributed by atoms with Gasteiger partial charge in [-0.15, -0.1) is 0 Å². The fourth-order valence-electron chi connectivity index (χ4n) is 13.8. The third-order valence-corrected chi connectivity index (χ3v) is 15.9. The molecule has 4 N–H and O–H groups in total. The van der Waals surface area contributed by atoms with Crippen molar-refractivity contribution in [2.45, 2.75) is 72.0 Å². The van der Waals surface area contributed by atoms with Crippen LogP contribution in [0, 0.1) is 0 Å². The lowest BCUT2D eigenvalue weighted by atomic mass is 9.54. The number of hydrogen-bond donors (Lipinski definition) is 4. The molecule has 0 saturated carbocycles. The molecular weight excluding hydrogens is 641 g/mol. The normalized spacial score (nSPS) is 38.0. The molecule has 0 spiro atoms. The Morgan fingerprint density at radius 2 is 0.769 bits per heavy atom. The maximum absolute atomic E-state index is 4.36. The highest BCUT2D eigenvalue weighted by molar-refractivity contribution is 5.81. The number of fused-ring (bicyclic) bond motifs is 13. The topological polar surface area (TPSA) is 61.1 Å². The van der Waals surface area contributed by atoms with Gasteiger partial charge in [-0.2, -0.15) is 0 Å². The predicted octanol–water partition coefficient (Wildman–Crippen LogP) is 5.78. The maximum Gasteiger partial charge on any atom is 0.0933 e. The molecule has 4 fully saturated rings. The van der Waals surface area contributed by atoms with Crippen molar-refractivity contribution in [3.8, 4) is 0 Å². The highest BCUT2D eigenvalue weighted by Crippen LogP contribution is 2.69. The van der Waals surface area contributed by atoms with E-state index in [1.54, 1.807) is 0 Å². The molecule has 0 radical (unpaired) electrons. The number of nitrogens with zero attached hydrogens (tertiary/aromatic N) is 4. The molecule has 8 atom stereocenters. The van der Waals surface area contributed by atoms with Gasteiger partial charge in [0.25, 0.3) is 0 Å². The molecule has 8 nitrogen and oxygen atoms in total. The highest BCUT2D eigenvalue weighted by Gasteiger charge is 2.72. The first-order chi connectivity index (χ1) is 25.4. The third kappa shape index (κ3) is 3.17. The van der Waals surface area contributed by atoms with E-state index in [-0.39, 0.29) is 46.3 Å². The summed E-state index contributed by atoms with van der Waals surface area (Å²) >= 11 is 0. The Kier molecular flexibility index (Phi) is 5.79. The van der Waals surface area contributed by atoms with Gasteiger partial charge < -0.3 is 21.3 Å². The average Bonchev–Trinajstić information content (AvgIpc) is 4.03. The van der Waals surface area contributed by atoms with Gasteiger partial charge in [-0.1, -0.05) is 72.8 Å². The SMILES string of the molecule is CN1CC[C@]2(c3cccc4c3N[C@@H]3N(C)CC[C@@]43[C@@]34CCN(C)[C@@H]3Nc3c([C@]56CCN(C)[C@H]5Nc5ccccc56)cccc34)c3ccccc3N[C@H]12. The number of likely N-dealkylation sites (tertiary alicyclic amines) is 4. The van der Waals surface area contributed by atoms with Gasteiger partial charge in [0.05, 0.1) is 35.5 Å². The molecule has 0 unspecified atom stereocenters. The van der Waals surface area contributed by atoms with Crippen LogP contribution in [0.2, 0.25) is 0 Å². The Balaban J connectivity index is 1.09. The van der Waals surface area contributed by atoms with Crippen LogP contribution in [0.4, 0.5) is 22.7 Å². The van der Waals surface area contributed by atoms with Crippen molar-refractivity contribution in [1.29, 1.82) is 0 Å². The second kappa shape index (κ2) is 9.91. The fourth-order valence-corrected chi connectivity index (χ4v) is 13.8. The van der Waals surface area contributed by atoms with Gasteiger partial charge in [0, 0.05) is 59.8 Å². The molecule has 266 valence electrons. The van der Waals surface area contributed by atoms with E-state index in [4.69, 9.17) is 0 Å². The van der Waals surface area contributed by atoms with Gasteiger partial charge >= 0.3 is 0 Å². The molecule has 4 saturated heterocycles. The van der Waals surface area contributed by atoms with Crippen LogP contribution in [0.1, 0.15) is 59.1 Å². The quantitative estimate of drug-likeness (QED) is 0.216. The number of rotatable bonds is 3. The zero-order chi connectivity index (χ0) is 34.8. The van der Waals surface area contributed by atoms with E-state index in [1.165, 1.54) is 56.1 Å². The second-order valence-corrected chi connectivity index (χ2v) is 17.5. The first-order valence-electron chi connectivity index (χ1n) is 19.7. The van der Waals surface area contributed by atoms with Crippen LogP contribution < -0.4 is 21.3 Å². The summed E-state index contributed by atoms with van der Waals surface area (Å²) in [6, 6.07) is 33.0. The number of para-hydroxylation sites is 4. The molecule has 8 aliphatic heterocycles. The Morgan fingerprint density at radius 1 is 0.404 bits per heavy atom. The smallest absolute Gasteiger partial charge is 0.0933 e. The molecule has 52 heavy (non-hydrogen) atoms. The molecule has 8 heteroatoms. The first-order valence-corrected chi connectivity index (χ1v) is 19.7. The van der Waals surface area contributed by atoms with Crippen LogP contribution >= 0.6 is 0 Å². The number of anilines is 4. The van der Waals surface area contributed by atoms with Gasteiger partial charge in [0.15, 0.2) is 0 Å². The molecular formula is C44H50N8. The lowest BCUT2D eigenvalue weighted by Gasteiger charge is -2.48. The molecule has 8 aliphatic rings. The lowest BCUT2D eigenvalue weighted by molar-refractivity contribution is 0.147. The molecule has 0 aliphatic carbocycles. The van der Waals surface area contributed by atoms with Gasteiger partial charge in [-0.05, 0) is 99.4 Å². The Labute approximate surface area is 307 Å². The summed E-state index contributed by atoms with van der Waals surface area (Å²) in [5, 5.41) is 16.7. The minimum absolute atomic E-state index is 0.100. The number of benzene rings is 4. The summed E-state index contributed by atoms with van der Waals surface area (Å²) in [5.41, 5.74) is 13.9. The molecule has 0 bridgehead atoms. The average molecular weight is 691 g/mol. The van der Waals surface area contributed by atoms with Gasteiger partial charge in [0.2, 0.25) is 0 Å². The predicted molar refractivity (Wildman–Crippen MR) is 209 cm³/mol. The minimum Gasteiger partial charge on any atom is -0.368 e. The fraction of sp³-hybridized carbons (Fsp3) is 0.455. The van der Waals surface area contributed by atoms with Crippen LogP contribution in [0.15, 0.2) is 84.9 Å². The van der Waals surface area contributed by atoms with E-state index < -0.39 is 0 Å². The molecule has 4 aromatic carbocycles. The van der Waals surface area contributed by atoms with Crippen molar-refractivity contribution >= 4 is 22.7 Å². The van der Waals surface area contributed by atoms with Gasteiger partial charge in [-0.3, -0.25) is 19.6 Å². The first kappa shape index (κ1) is 30.4. The van der Waals surface area contributed by atoms with E-state index in [2.05, 4.69) is 154 Å². The van der Waals surface area contributed by atoms with E-state index in [1.807, 2.05) is 0 Å². The van der Waals surface area contributed by atoms with E-state index in [9.17, 15) is 0 Å². The molecule has 0 amide bonds. The summed E-state index contributed by atoms with van der Waals surface area (Å²) in [6.45, 7) is 4.33. The molecule has 12 rings (SSSR count). The van der Waals surface area contributed by atoms with Crippen LogP contribution in [-0.2, 0) is 21.7 Å².